The molecule has 1 aliphatic carbocycles. The van der Waals surface area contributed by atoms with Crippen LogP contribution in [0.5, 0.6) is 0 Å². The van der Waals surface area contributed by atoms with E-state index in [1.54, 1.807) is 12.3 Å². The van der Waals surface area contributed by atoms with E-state index < -0.39 is 6.04 Å². The fraction of sp³-hybridized carbons (Fsp3) is 0.552. The molecule has 6 heteroatoms. The molecule has 2 fully saturated rings. The molecule has 3 rings (SSSR count). The van der Waals surface area contributed by atoms with E-state index in [0.717, 1.165) is 37.7 Å². The molecule has 35 heavy (non-hydrogen) atoms. The third kappa shape index (κ3) is 9.10. The Bertz CT molecular complexity index is 850. The van der Waals surface area contributed by atoms with Crippen molar-refractivity contribution in [3.8, 4) is 0 Å². The lowest BCUT2D eigenvalue weighted by Crippen LogP contribution is -2.50. The predicted molar refractivity (Wildman–Crippen MR) is 147 cm³/mol. The summed E-state index contributed by atoms with van der Waals surface area (Å²) in [6.45, 7) is 14.3. The van der Waals surface area contributed by atoms with Crippen LogP contribution in [0.4, 0.5) is 5.69 Å². The molecule has 2 N–H and O–H groups in total. The highest BCUT2D eigenvalue weighted by molar-refractivity contribution is 5.95. The number of allylic oxidation sites excluding steroid dienone is 1. The molecular formula is C29H44N4O2. The molecule has 1 saturated carbocycles. The van der Waals surface area contributed by atoms with Gasteiger partial charge in [0.1, 0.15) is 6.04 Å². The van der Waals surface area contributed by atoms with Crippen LogP contribution in [0, 0.1) is 0 Å². The lowest BCUT2D eigenvalue weighted by Gasteiger charge is -2.31. The van der Waals surface area contributed by atoms with E-state index in [2.05, 4.69) is 43.1 Å². The average Bonchev–Trinajstić information content (AvgIpc) is 3.43. The van der Waals surface area contributed by atoms with Crippen LogP contribution in [0.3, 0.4) is 0 Å². The Labute approximate surface area is 212 Å². The molecule has 1 saturated heterocycles. The smallest absolute Gasteiger partial charge is 0.248 e. The van der Waals surface area contributed by atoms with E-state index in [1.165, 1.54) is 37.3 Å². The van der Waals surface area contributed by atoms with Crippen molar-refractivity contribution < 1.29 is 9.59 Å². The number of nitrogens with one attached hydrogen (secondary N) is 2. The van der Waals surface area contributed by atoms with Crippen LogP contribution in [-0.2, 0) is 15.0 Å². The highest BCUT2D eigenvalue weighted by atomic mass is 16.2. The first kappa shape index (κ1) is 28.5. The van der Waals surface area contributed by atoms with Gasteiger partial charge in [-0.2, -0.15) is 0 Å². The van der Waals surface area contributed by atoms with Crippen LogP contribution in [0.1, 0.15) is 78.2 Å². The normalized spacial score (nSPS) is 17.9. The predicted octanol–water partition coefficient (Wildman–Crippen LogP) is 5.29. The number of anilines is 1. The second-order valence-corrected chi connectivity index (χ2v) is 10.3. The number of carbonyl (C=O) groups excluding carboxylic acids is 2. The Hall–Kier alpha value is -2.73. The minimum absolute atomic E-state index is 0.00503. The van der Waals surface area contributed by atoms with E-state index in [9.17, 15) is 9.59 Å². The molecule has 1 aromatic carbocycles. The summed E-state index contributed by atoms with van der Waals surface area (Å²) in [6.07, 6.45) is 14.1. The molecule has 1 aliphatic heterocycles. The summed E-state index contributed by atoms with van der Waals surface area (Å²) >= 11 is 0. The van der Waals surface area contributed by atoms with Gasteiger partial charge in [0.05, 0.1) is 0 Å². The molecule has 0 spiro atoms. The summed E-state index contributed by atoms with van der Waals surface area (Å²) < 4.78 is 0. The molecule has 2 amide bonds. The van der Waals surface area contributed by atoms with Crippen molar-refractivity contribution in [3.05, 3.63) is 53.8 Å². The van der Waals surface area contributed by atoms with Gasteiger partial charge in [0.15, 0.2) is 0 Å². The quantitative estimate of drug-likeness (QED) is 0.301. The minimum Gasteiger partial charge on any atom is -0.351 e. The van der Waals surface area contributed by atoms with Gasteiger partial charge in [0.2, 0.25) is 12.3 Å². The minimum atomic E-state index is -0.813. The van der Waals surface area contributed by atoms with Gasteiger partial charge in [0.25, 0.3) is 0 Å². The molecule has 1 atom stereocenters. The lowest BCUT2D eigenvalue weighted by atomic mass is 9.87. The summed E-state index contributed by atoms with van der Waals surface area (Å²) in [7, 11) is 0. The van der Waals surface area contributed by atoms with Crippen molar-refractivity contribution in [2.24, 2.45) is 4.99 Å². The highest BCUT2D eigenvalue weighted by Crippen LogP contribution is 2.27. The summed E-state index contributed by atoms with van der Waals surface area (Å²) in [4.78, 5) is 30.9. The molecule has 0 radical (unpaired) electrons. The number of amides is 2. The number of aliphatic imine (C=N–C) groups is 1. The number of hydrogen-bond acceptors (Lipinski definition) is 4. The average molecular weight is 481 g/mol. The Kier molecular flexibility index (Phi) is 11.9. The van der Waals surface area contributed by atoms with Crippen molar-refractivity contribution >= 4 is 24.7 Å². The van der Waals surface area contributed by atoms with Gasteiger partial charge in [-0.1, -0.05) is 64.3 Å². The second-order valence-electron chi connectivity index (χ2n) is 10.3. The fourth-order valence-electron chi connectivity index (χ4n) is 4.50. The van der Waals surface area contributed by atoms with Crippen molar-refractivity contribution in [1.29, 1.82) is 0 Å². The van der Waals surface area contributed by atoms with E-state index in [1.807, 2.05) is 37.3 Å². The topological polar surface area (TPSA) is 73.8 Å². The molecule has 192 valence electrons. The van der Waals surface area contributed by atoms with Crippen LogP contribution in [0.25, 0.3) is 0 Å². The van der Waals surface area contributed by atoms with Crippen molar-refractivity contribution in [1.82, 2.24) is 10.6 Å². The first-order valence-electron chi connectivity index (χ1n) is 13.0. The van der Waals surface area contributed by atoms with Crippen LogP contribution in [-0.4, -0.2) is 44.2 Å². The van der Waals surface area contributed by atoms with Crippen molar-refractivity contribution in [2.75, 3.05) is 18.0 Å². The zero-order chi connectivity index (χ0) is 25.7. The van der Waals surface area contributed by atoms with Gasteiger partial charge >= 0.3 is 0 Å². The Morgan fingerprint density at radius 1 is 1.11 bits per heavy atom. The molecular weight excluding hydrogens is 436 g/mol. The van der Waals surface area contributed by atoms with Gasteiger partial charge in [-0.05, 0) is 75.5 Å². The zero-order valence-corrected chi connectivity index (χ0v) is 22.1. The van der Waals surface area contributed by atoms with Gasteiger partial charge in [-0.3, -0.25) is 19.5 Å². The molecule has 2 aliphatic rings. The van der Waals surface area contributed by atoms with Crippen LogP contribution in [0.15, 0.2) is 53.2 Å². The number of benzene rings is 1. The lowest BCUT2D eigenvalue weighted by molar-refractivity contribution is -0.123. The Morgan fingerprint density at radius 2 is 1.74 bits per heavy atom. The summed E-state index contributed by atoms with van der Waals surface area (Å²) in [5.41, 5.74) is 2.46. The Morgan fingerprint density at radius 3 is 2.20 bits per heavy atom. The largest absolute Gasteiger partial charge is 0.351 e. The van der Waals surface area contributed by atoms with E-state index in [0.29, 0.717) is 11.3 Å². The molecule has 1 aromatic rings. The second kappa shape index (κ2) is 14.6. The molecule has 1 unspecified atom stereocenters. The highest BCUT2D eigenvalue weighted by Gasteiger charge is 2.31. The van der Waals surface area contributed by atoms with Crippen molar-refractivity contribution in [2.45, 2.75) is 90.1 Å². The third-order valence-corrected chi connectivity index (χ3v) is 6.50. The van der Waals surface area contributed by atoms with Crippen LogP contribution >= 0.6 is 0 Å². The van der Waals surface area contributed by atoms with Crippen LogP contribution < -0.4 is 15.5 Å². The summed E-state index contributed by atoms with van der Waals surface area (Å²) in [6, 6.07) is 7.13. The van der Waals surface area contributed by atoms with Crippen molar-refractivity contribution in [3.63, 3.8) is 0 Å². The molecule has 6 nitrogen and oxygen atoms in total. The fourth-order valence-corrected chi connectivity index (χ4v) is 4.50. The SMILES string of the molecule is C1CCNC1.C=N/C=C(\C=C/C)C(C(=O)NC1CCCCC1)N(C=O)c1ccc(C(C)(C)C)cc1. The number of rotatable bonds is 8. The maximum absolute atomic E-state index is 13.4. The number of carbonyl (C=O) groups is 2. The van der Waals surface area contributed by atoms with Crippen LogP contribution in [0.2, 0.25) is 0 Å². The molecule has 1 heterocycles. The maximum Gasteiger partial charge on any atom is 0.248 e. The molecule has 0 bridgehead atoms. The van der Waals surface area contributed by atoms with Gasteiger partial charge in [-0.25, -0.2) is 0 Å². The van der Waals surface area contributed by atoms with E-state index in [-0.39, 0.29) is 17.4 Å². The molecule has 0 aromatic heterocycles. The van der Waals surface area contributed by atoms with Gasteiger partial charge in [-0.15, -0.1) is 0 Å². The van der Waals surface area contributed by atoms with Gasteiger partial charge in [0, 0.05) is 23.5 Å². The Balaban J connectivity index is 0.000000764. The van der Waals surface area contributed by atoms with E-state index in [4.69, 9.17) is 0 Å². The standard InChI is InChI=1S/C25H35N3O2.C4H9N/c1-6-10-19(17-26-5)23(24(30)27-21-11-8-7-9-12-21)28(18-29)22-15-13-20(14-16-22)25(2,3)4;1-2-4-5-3-1/h6,10,13-18,21,23H,5,7-9,11-12H2,1-4H3,(H,27,30);5H,1-4H2/b10-6-,19-17+;. The summed E-state index contributed by atoms with van der Waals surface area (Å²) in [5, 5.41) is 6.38. The first-order valence-corrected chi connectivity index (χ1v) is 13.0. The van der Waals surface area contributed by atoms with E-state index >= 15 is 0 Å². The zero-order valence-electron chi connectivity index (χ0n) is 22.1. The van der Waals surface area contributed by atoms with Gasteiger partial charge < -0.3 is 10.6 Å². The monoisotopic (exact) mass is 480 g/mol. The third-order valence-electron chi connectivity index (χ3n) is 6.50. The summed E-state index contributed by atoms with van der Waals surface area (Å²) in [5.74, 6) is -0.193. The maximum atomic E-state index is 13.4. The number of nitrogens with zero attached hydrogens (tertiary/aromatic N) is 2. The first-order chi connectivity index (χ1) is 16.8. The number of hydrogen-bond donors (Lipinski definition) is 2.